The smallest absolute Gasteiger partial charge is 0.230 e. The lowest BCUT2D eigenvalue weighted by Gasteiger charge is -2.16. The molecule has 0 aliphatic carbocycles. The van der Waals surface area contributed by atoms with Crippen LogP contribution in [0.3, 0.4) is 0 Å². The van der Waals surface area contributed by atoms with Gasteiger partial charge in [0.1, 0.15) is 0 Å². The number of hydrogen-bond acceptors (Lipinski definition) is 5. The van der Waals surface area contributed by atoms with Crippen molar-refractivity contribution in [3.05, 3.63) is 35.9 Å². The molecule has 2 rings (SSSR count). The number of thioether (sulfide) groups is 1. The average molecular weight is 380 g/mol. The van der Waals surface area contributed by atoms with Crippen LogP contribution in [0.1, 0.15) is 46.0 Å². The highest BCUT2D eigenvalue weighted by molar-refractivity contribution is 7.99. The van der Waals surface area contributed by atoms with Crippen molar-refractivity contribution < 1.29 is 13.9 Å². The van der Waals surface area contributed by atoms with Crippen molar-refractivity contribution in [3.63, 3.8) is 0 Å². The zero-order valence-electron chi connectivity index (χ0n) is 15.5. The number of nitrogens with zero attached hydrogens (tertiary/aromatic N) is 3. The molecule has 0 saturated carbocycles. The largest absolute Gasteiger partial charge is 0.480 e. The maximum atomic E-state index is 13.8. The van der Waals surface area contributed by atoms with E-state index in [1.807, 2.05) is 25.3 Å². The lowest BCUT2D eigenvalue weighted by molar-refractivity contribution is -0.119. The Balaban J connectivity index is 2.05. The highest BCUT2D eigenvalue weighted by Crippen LogP contribution is 2.26. The molecule has 142 valence electrons. The van der Waals surface area contributed by atoms with Crippen molar-refractivity contribution >= 4 is 17.7 Å². The van der Waals surface area contributed by atoms with Gasteiger partial charge in [0.25, 0.3) is 0 Å². The third-order valence-corrected chi connectivity index (χ3v) is 4.88. The Labute approximate surface area is 157 Å². The summed E-state index contributed by atoms with van der Waals surface area (Å²) in [6.07, 6.45) is 0.416. The van der Waals surface area contributed by atoms with Crippen LogP contribution < -0.4 is 10.1 Å². The number of carbonyl (C=O) groups is 1. The fourth-order valence-electron chi connectivity index (χ4n) is 2.34. The summed E-state index contributed by atoms with van der Waals surface area (Å²) in [5.74, 6) is 0.587. The second-order valence-corrected chi connectivity index (χ2v) is 6.88. The van der Waals surface area contributed by atoms with Crippen molar-refractivity contribution in [2.45, 2.75) is 58.0 Å². The van der Waals surface area contributed by atoms with Crippen LogP contribution in [-0.4, -0.2) is 32.5 Å². The van der Waals surface area contributed by atoms with Gasteiger partial charge in [-0.3, -0.25) is 4.79 Å². The van der Waals surface area contributed by atoms with Gasteiger partial charge >= 0.3 is 0 Å². The third-order valence-electron chi connectivity index (χ3n) is 3.92. The highest BCUT2D eigenvalue weighted by Gasteiger charge is 2.20. The van der Waals surface area contributed by atoms with Gasteiger partial charge in [-0.05, 0) is 39.3 Å². The van der Waals surface area contributed by atoms with Crippen LogP contribution in [0, 0.1) is 5.82 Å². The summed E-state index contributed by atoms with van der Waals surface area (Å²) >= 11 is 1.33. The summed E-state index contributed by atoms with van der Waals surface area (Å²) in [6.45, 7) is 8.38. The van der Waals surface area contributed by atoms with Gasteiger partial charge in [-0.2, -0.15) is 0 Å². The summed E-state index contributed by atoms with van der Waals surface area (Å²) in [7, 11) is 0. The Morgan fingerprint density at radius 3 is 2.69 bits per heavy atom. The van der Waals surface area contributed by atoms with Crippen LogP contribution in [0.15, 0.2) is 29.4 Å². The van der Waals surface area contributed by atoms with E-state index in [1.165, 1.54) is 17.8 Å². The third kappa shape index (κ3) is 5.20. The molecular weight excluding hydrogens is 355 g/mol. The molecule has 8 heteroatoms. The molecule has 0 aliphatic rings. The zero-order valence-corrected chi connectivity index (χ0v) is 16.3. The first-order valence-corrected chi connectivity index (χ1v) is 9.71. The minimum absolute atomic E-state index is 0.0350. The van der Waals surface area contributed by atoms with Crippen LogP contribution >= 0.6 is 11.8 Å². The normalized spacial score (nSPS) is 13.3. The maximum absolute atomic E-state index is 13.8. The lowest BCUT2D eigenvalue weighted by Crippen LogP contribution is -2.33. The zero-order chi connectivity index (χ0) is 19.1. The molecule has 2 unspecified atom stereocenters. The number of benzene rings is 1. The van der Waals surface area contributed by atoms with Crippen LogP contribution in [0.4, 0.5) is 4.39 Å². The van der Waals surface area contributed by atoms with Crippen molar-refractivity contribution in [3.8, 4) is 5.75 Å². The van der Waals surface area contributed by atoms with E-state index < -0.39 is 11.9 Å². The van der Waals surface area contributed by atoms with Gasteiger partial charge in [0.15, 0.2) is 28.7 Å². The van der Waals surface area contributed by atoms with Gasteiger partial charge < -0.3 is 14.6 Å². The average Bonchev–Trinajstić information content (AvgIpc) is 3.04. The Morgan fingerprint density at radius 2 is 2.04 bits per heavy atom. The van der Waals surface area contributed by atoms with Crippen LogP contribution in [0.2, 0.25) is 0 Å². The van der Waals surface area contributed by atoms with Crippen molar-refractivity contribution in [2.75, 3.05) is 5.75 Å². The number of amides is 1. The molecule has 1 aromatic carbocycles. The molecule has 26 heavy (non-hydrogen) atoms. The van der Waals surface area contributed by atoms with E-state index in [2.05, 4.69) is 15.5 Å². The summed E-state index contributed by atoms with van der Waals surface area (Å²) in [4.78, 5) is 11.9. The molecule has 0 spiro atoms. The summed E-state index contributed by atoms with van der Waals surface area (Å²) < 4.78 is 21.4. The fourth-order valence-corrected chi connectivity index (χ4v) is 3.16. The number of hydrogen-bond donors (Lipinski definition) is 1. The van der Waals surface area contributed by atoms with Gasteiger partial charge in [-0.15, -0.1) is 10.2 Å². The molecule has 1 heterocycles. The minimum Gasteiger partial charge on any atom is -0.480 e. The van der Waals surface area contributed by atoms with Gasteiger partial charge in [0, 0.05) is 12.6 Å². The second kappa shape index (κ2) is 9.56. The molecule has 0 bridgehead atoms. The van der Waals surface area contributed by atoms with E-state index >= 15 is 0 Å². The summed E-state index contributed by atoms with van der Waals surface area (Å²) in [5.41, 5.74) is 0. The topological polar surface area (TPSA) is 69.0 Å². The molecule has 0 saturated heterocycles. The molecule has 0 aliphatic heterocycles. The first kappa shape index (κ1) is 20.2. The molecule has 2 aromatic rings. The van der Waals surface area contributed by atoms with E-state index in [0.29, 0.717) is 17.5 Å². The Hall–Kier alpha value is -2.09. The van der Waals surface area contributed by atoms with Crippen molar-refractivity contribution in [1.82, 2.24) is 20.1 Å². The Bertz CT molecular complexity index is 738. The number of ether oxygens (including phenoxy) is 1. The Kier molecular flexibility index (Phi) is 7.44. The molecule has 1 N–H and O–H groups in total. The summed E-state index contributed by atoms with van der Waals surface area (Å²) in [5, 5.41) is 11.9. The number of nitrogens with one attached hydrogen (secondary N) is 1. The van der Waals surface area contributed by atoms with Gasteiger partial charge in [-0.1, -0.05) is 30.8 Å². The predicted octanol–water partition coefficient (Wildman–Crippen LogP) is 3.58. The molecule has 0 fully saturated rings. The first-order chi connectivity index (χ1) is 12.5. The fraction of sp³-hybridized carbons (Fsp3) is 0.500. The van der Waals surface area contributed by atoms with E-state index in [1.54, 1.807) is 25.1 Å². The number of rotatable bonds is 9. The van der Waals surface area contributed by atoms with Gasteiger partial charge in [-0.25, -0.2) is 4.39 Å². The molecule has 6 nitrogen and oxygen atoms in total. The first-order valence-electron chi connectivity index (χ1n) is 8.72. The van der Waals surface area contributed by atoms with Crippen molar-refractivity contribution in [1.29, 1.82) is 0 Å². The molecule has 1 aromatic heterocycles. The van der Waals surface area contributed by atoms with Crippen LogP contribution in [-0.2, 0) is 11.3 Å². The number of para-hydroxylation sites is 1. The van der Waals surface area contributed by atoms with E-state index in [9.17, 15) is 9.18 Å². The van der Waals surface area contributed by atoms with E-state index in [0.717, 1.165) is 6.42 Å². The highest BCUT2D eigenvalue weighted by atomic mass is 32.2. The SMILES string of the molecule is CCC(C)NC(=O)CSc1nnc(C(C)Oc2ccccc2F)n1CC. The number of aromatic nitrogens is 3. The minimum atomic E-state index is -0.470. The van der Waals surface area contributed by atoms with Crippen molar-refractivity contribution in [2.24, 2.45) is 0 Å². The number of halogens is 1. The number of carbonyl (C=O) groups excluding carboxylic acids is 1. The quantitative estimate of drug-likeness (QED) is 0.674. The monoisotopic (exact) mass is 380 g/mol. The molecule has 1 amide bonds. The van der Waals surface area contributed by atoms with E-state index in [-0.39, 0.29) is 23.5 Å². The van der Waals surface area contributed by atoms with Gasteiger partial charge in [0.2, 0.25) is 5.91 Å². The second-order valence-electron chi connectivity index (χ2n) is 5.94. The summed E-state index contributed by atoms with van der Waals surface area (Å²) in [6, 6.07) is 6.40. The standard InChI is InChI=1S/C18H25FN4O2S/c1-5-12(3)20-16(24)11-26-18-22-21-17(23(18)6-2)13(4)25-15-10-8-7-9-14(15)19/h7-10,12-13H,5-6,11H2,1-4H3,(H,20,24). The molecule has 2 atom stereocenters. The predicted molar refractivity (Wildman–Crippen MR) is 99.8 cm³/mol. The lowest BCUT2D eigenvalue weighted by atomic mass is 10.3. The van der Waals surface area contributed by atoms with Gasteiger partial charge in [0.05, 0.1) is 5.75 Å². The van der Waals surface area contributed by atoms with E-state index in [4.69, 9.17) is 4.74 Å². The van der Waals surface area contributed by atoms with Crippen LogP contribution in [0.25, 0.3) is 0 Å². The Morgan fingerprint density at radius 1 is 1.31 bits per heavy atom. The maximum Gasteiger partial charge on any atom is 0.230 e. The van der Waals surface area contributed by atoms with Crippen LogP contribution in [0.5, 0.6) is 5.75 Å². The molecule has 0 radical (unpaired) electrons. The molecular formula is C18H25FN4O2S.